The number of pyridine rings is 1. The largest absolute Gasteiger partial charge is 0.404 e. The number of benzene rings is 1. The minimum atomic E-state index is -0.964. The van der Waals surface area contributed by atoms with Crippen LogP contribution in [0.3, 0.4) is 0 Å². The van der Waals surface area contributed by atoms with Crippen LogP contribution in [0.25, 0.3) is 5.57 Å². The number of rotatable bonds is 14. The zero-order chi connectivity index (χ0) is 30.8. The molecule has 1 aromatic heterocycles. The number of nitriles is 1. The van der Waals surface area contributed by atoms with Crippen molar-refractivity contribution in [3.05, 3.63) is 64.9 Å². The summed E-state index contributed by atoms with van der Waals surface area (Å²) in [6.07, 6.45) is 6.04. The molecule has 1 aromatic carbocycles. The highest BCUT2D eigenvalue weighted by Crippen LogP contribution is 2.46. The lowest BCUT2D eigenvalue weighted by molar-refractivity contribution is -0.114. The molecule has 4 rings (SSSR count). The standard InChI is InChI=1S/C32H40FN7O3/c1-23-13-29(39(2)7-5-32(21-35,22-41)27-3-4-27)17-30(38-23)31(42)37-19-24-14-25(16-28(33)15-24)26(18-34)20-36-6-8-40-9-11-43-12-10-40/h13-18,20,22,27H,3-12,19,34H2,1-2H3,(H,37,42). The molecule has 1 unspecified atom stereocenters. The maximum absolute atomic E-state index is 14.6. The van der Waals surface area contributed by atoms with E-state index >= 15 is 0 Å². The number of anilines is 1. The SMILES string of the molecule is Cc1cc(N(C)CCC(C#N)(C=O)C2CC2)cc(C(=O)NCc2cc(F)cc(C(C=NCCN3CCOCC3)=CN)c2)n1. The maximum atomic E-state index is 14.6. The molecule has 1 saturated carbocycles. The Morgan fingerprint density at radius 1 is 1.30 bits per heavy atom. The van der Waals surface area contributed by atoms with Crippen LogP contribution in [-0.2, 0) is 16.1 Å². The lowest BCUT2D eigenvalue weighted by atomic mass is 9.82. The first kappa shape index (κ1) is 31.8. The van der Waals surface area contributed by atoms with Crippen LogP contribution in [0.4, 0.5) is 10.1 Å². The number of aliphatic imine (C=N–C) groups is 1. The van der Waals surface area contributed by atoms with E-state index in [1.807, 2.05) is 18.0 Å². The maximum Gasteiger partial charge on any atom is 0.270 e. The van der Waals surface area contributed by atoms with Gasteiger partial charge in [-0.1, -0.05) is 0 Å². The molecule has 1 amide bonds. The fourth-order valence-electron chi connectivity index (χ4n) is 5.19. The van der Waals surface area contributed by atoms with Gasteiger partial charge in [0.1, 0.15) is 23.2 Å². The number of hydrogen-bond donors (Lipinski definition) is 2. The predicted octanol–water partition coefficient (Wildman–Crippen LogP) is 3.11. The van der Waals surface area contributed by atoms with Crippen molar-refractivity contribution in [3.63, 3.8) is 0 Å². The van der Waals surface area contributed by atoms with E-state index in [0.29, 0.717) is 41.9 Å². The van der Waals surface area contributed by atoms with Crippen LogP contribution in [0.1, 0.15) is 46.6 Å². The average Bonchev–Trinajstić information content (AvgIpc) is 3.87. The molecule has 1 aliphatic carbocycles. The second kappa shape index (κ2) is 14.8. The summed E-state index contributed by atoms with van der Waals surface area (Å²) in [6, 6.07) is 10.3. The van der Waals surface area contributed by atoms with Crippen molar-refractivity contribution in [2.45, 2.75) is 32.7 Å². The van der Waals surface area contributed by atoms with Gasteiger partial charge < -0.3 is 25.5 Å². The van der Waals surface area contributed by atoms with Crippen molar-refractivity contribution in [1.29, 1.82) is 5.26 Å². The number of morpholine rings is 1. The van der Waals surface area contributed by atoms with E-state index in [0.717, 1.165) is 57.7 Å². The number of nitrogens with zero attached hydrogens (tertiary/aromatic N) is 5. The Morgan fingerprint density at radius 2 is 2.07 bits per heavy atom. The van der Waals surface area contributed by atoms with Crippen LogP contribution in [0.2, 0.25) is 0 Å². The van der Waals surface area contributed by atoms with E-state index in [-0.39, 0.29) is 18.2 Å². The molecule has 10 nitrogen and oxygen atoms in total. The molecule has 1 saturated heterocycles. The van der Waals surface area contributed by atoms with Gasteiger partial charge in [-0.3, -0.25) is 14.7 Å². The molecule has 2 aromatic rings. The van der Waals surface area contributed by atoms with Gasteiger partial charge in [0.05, 0.1) is 25.8 Å². The monoisotopic (exact) mass is 589 g/mol. The number of amides is 1. The number of allylic oxidation sites excluding steroid dienone is 1. The highest BCUT2D eigenvalue weighted by atomic mass is 19.1. The molecule has 1 atom stereocenters. The molecular formula is C32H40FN7O3. The predicted molar refractivity (Wildman–Crippen MR) is 164 cm³/mol. The van der Waals surface area contributed by atoms with Crippen molar-refractivity contribution in [2.75, 3.05) is 57.9 Å². The van der Waals surface area contributed by atoms with Crippen molar-refractivity contribution in [1.82, 2.24) is 15.2 Å². The summed E-state index contributed by atoms with van der Waals surface area (Å²) in [5.74, 6) is -0.729. The van der Waals surface area contributed by atoms with Crippen molar-refractivity contribution in [2.24, 2.45) is 22.1 Å². The third-order valence-electron chi connectivity index (χ3n) is 8.00. The second-order valence-electron chi connectivity index (χ2n) is 11.2. The van der Waals surface area contributed by atoms with Gasteiger partial charge in [-0.2, -0.15) is 5.26 Å². The van der Waals surface area contributed by atoms with Crippen LogP contribution >= 0.6 is 0 Å². The molecule has 2 heterocycles. The molecule has 0 spiro atoms. The van der Waals surface area contributed by atoms with E-state index in [4.69, 9.17) is 10.5 Å². The molecule has 0 bridgehead atoms. The number of hydrogen-bond acceptors (Lipinski definition) is 9. The smallest absolute Gasteiger partial charge is 0.270 e. The van der Waals surface area contributed by atoms with Crippen LogP contribution in [0.15, 0.2) is 41.5 Å². The summed E-state index contributed by atoms with van der Waals surface area (Å²) >= 11 is 0. The summed E-state index contributed by atoms with van der Waals surface area (Å²) in [7, 11) is 1.86. The van der Waals surface area contributed by atoms with Crippen molar-refractivity contribution < 1.29 is 18.7 Å². The summed E-state index contributed by atoms with van der Waals surface area (Å²) in [5.41, 5.74) is 8.21. The zero-order valence-electron chi connectivity index (χ0n) is 24.9. The average molecular weight is 590 g/mol. The first-order valence-electron chi connectivity index (χ1n) is 14.6. The lowest BCUT2D eigenvalue weighted by Crippen LogP contribution is -2.37. The zero-order valence-corrected chi connectivity index (χ0v) is 24.9. The van der Waals surface area contributed by atoms with Gasteiger partial charge in [0, 0.05) is 69.1 Å². The van der Waals surface area contributed by atoms with Crippen LogP contribution in [0, 0.1) is 35.4 Å². The van der Waals surface area contributed by atoms with Gasteiger partial charge in [-0.05, 0) is 73.6 Å². The van der Waals surface area contributed by atoms with E-state index < -0.39 is 17.1 Å². The highest BCUT2D eigenvalue weighted by molar-refractivity contribution is 6.09. The summed E-state index contributed by atoms with van der Waals surface area (Å²) < 4.78 is 19.9. The number of halogens is 1. The Balaban J connectivity index is 1.36. The van der Waals surface area contributed by atoms with Gasteiger partial charge in [0.15, 0.2) is 0 Å². The molecule has 2 aliphatic rings. The Hall–Kier alpha value is -4.14. The van der Waals surface area contributed by atoms with Crippen molar-refractivity contribution >= 4 is 29.7 Å². The van der Waals surface area contributed by atoms with Crippen LogP contribution in [0.5, 0.6) is 0 Å². The molecular weight excluding hydrogens is 549 g/mol. The fraction of sp³-hybridized carbons (Fsp3) is 0.469. The van der Waals surface area contributed by atoms with E-state index in [1.54, 1.807) is 25.3 Å². The van der Waals surface area contributed by atoms with E-state index in [2.05, 4.69) is 26.3 Å². The van der Waals surface area contributed by atoms with E-state index in [9.17, 15) is 19.2 Å². The molecule has 0 radical (unpaired) electrons. The molecule has 11 heteroatoms. The Labute approximate surface area is 252 Å². The first-order valence-corrected chi connectivity index (χ1v) is 14.6. The lowest BCUT2D eigenvalue weighted by Gasteiger charge is -2.25. The Kier molecular flexibility index (Phi) is 11.0. The molecule has 2 fully saturated rings. The quantitative estimate of drug-likeness (QED) is 0.253. The van der Waals surface area contributed by atoms with Gasteiger partial charge in [-0.15, -0.1) is 0 Å². The number of aryl methyl sites for hydroxylation is 1. The fourth-order valence-corrected chi connectivity index (χ4v) is 5.19. The highest BCUT2D eigenvalue weighted by Gasteiger charge is 2.45. The number of aromatic nitrogens is 1. The number of aldehydes is 1. The molecule has 1 aliphatic heterocycles. The van der Waals surface area contributed by atoms with Gasteiger partial charge in [0.25, 0.3) is 5.91 Å². The van der Waals surface area contributed by atoms with Crippen LogP contribution in [-0.4, -0.2) is 81.3 Å². The Bertz CT molecular complexity index is 1400. The first-order chi connectivity index (χ1) is 20.8. The topological polar surface area (TPSA) is 137 Å². The van der Waals surface area contributed by atoms with Crippen molar-refractivity contribution in [3.8, 4) is 6.07 Å². The minimum absolute atomic E-state index is 0.0851. The number of carbonyl (C=O) groups is 2. The van der Waals surface area contributed by atoms with Crippen LogP contribution < -0.4 is 16.0 Å². The Morgan fingerprint density at radius 3 is 2.74 bits per heavy atom. The number of ether oxygens (including phenoxy) is 1. The minimum Gasteiger partial charge on any atom is -0.404 e. The van der Waals surface area contributed by atoms with Gasteiger partial charge in [0.2, 0.25) is 0 Å². The normalized spacial score (nSPS) is 17.3. The van der Waals surface area contributed by atoms with Gasteiger partial charge >= 0.3 is 0 Å². The third kappa shape index (κ3) is 8.69. The second-order valence-corrected chi connectivity index (χ2v) is 11.2. The molecule has 228 valence electrons. The van der Waals surface area contributed by atoms with Gasteiger partial charge in [-0.25, -0.2) is 9.37 Å². The summed E-state index contributed by atoms with van der Waals surface area (Å²) in [4.78, 5) is 37.9. The summed E-state index contributed by atoms with van der Waals surface area (Å²) in [6.45, 7) is 6.98. The third-order valence-corrected chi connectivity index (χ3v) is 8.00. The molecule has 43 heavy (non-hydrogen) atoms. The number of carbonyl (C=O) groups excluding carboxylic acids is 2. The summed E-state index contributed by atoms with van der Waals surface area (Å²) in [5, 5.41) is 12.5. The molecule has 3 N–H and O–H groups in total. The number of nitrogens with one attached hydrogen (secondary N) is 1. The van der Waals surface area contributed by atoms with E-state index in [1.165, 1.54) is 18.3 Å². The number of nitrogens with two attached hydrogens (primary N) is 1.